The molecule has 11 heavy (non-hydrogen) atoms. The third kappa shape index (κ3) is 2.29. The van der Waals surface area contributed by atoms with Crippen molar-refractivity contribution in [1.82, 2.24) is 4.90 Å². The monoisotopic (exact) mass is 151 g/mol. The first-order valence-corrected chi connectivity index (χ1v) is 3.50. The summed E-state index contributed by atoms with van der Waals surface area (Å²) >= 11 is 0. The Hall–Kier alpha value is -0.370. The number of nitrogens with zero attached hydrogens (tertiary/aromatic N) is 1. The average Bonchev–Trinajstić information content (AvgIpc) is 2.32. The summed E-state index contributed by atoms with van der Waals surface area (Å²) in [6, 6.07) is 0. The Bertz CT molecular complexity index is 161. The van der Waals surface area contributed by atoms with Gasteiger partial charge in [-0.15, -0.1) is 0 Å². The fraction of sp³-hybridized carbons (Fsp3) is 0.333. The van der Waals surface area contributed by atoms with Crippen molar-refractivity contribution >= 4 is 6.29 Å². The predicted octanol–water partition coefficient (Wildman–Crippen LogP) is 0.522. The second-order valence-electron chi connectivity index (χ2n) is 2.77. The van der Waals surface area contributed by atoms with E-state index in [2.05, 4.69) is 0 Å². The number of carbonyl (C=O) groups excluding carboxylic acids is 1. The standard InChI is InChI=1S/C9H12NO/c1-10(2)6-8-4-3-5-9(8)7-11/h3-5,7H,6H2,1-2H3/i4D. The number of aldehydes is 1. The fourth-order valence-electron chi connectivity index (χ4n) is 0.980. The highest BCUT2D eigenvalue weighted by Crippen LogP contribution is 2.31. The van der Waals surface area contributed by atoms with E-state index in [1.165, 1.54) is 0 Å². The largest absolute Gasteiger partial charge is 0.309 e. The van der Waals surface area contributed by atoms with Crippen molar-refractivity contribution in [3.05, 3.63) is 31.1 Å². The van der Waals surface area contributed by atoms with E-state index in [9.17, 15) is 4.79 Å². The summed E-state index contributed by atoms with van der Waals surface area (Å²) in [6.45, 7) is 0.653. The molecule has 59 valence electrons. The first-order chi connectivity index (χ1) is 5.65. The fourth-order valence-corrected chi connectivity index (χ4v) is 0.980. The Labute approximate surface area is 70.0 Å². The lowest BCUT2D eigenvalue weighted by atomic mass is 9.97. The van der Waals surface area contributed by atoms with E-state index in [0.717, 1.165) is 12.2 Å². The van der Waals surface area contributed by atoms with Gasteiger partial charge in [0.15, 0.2) is 0 Å². The van der Waals surface area contributed by atoms with Crippen LogP contribution in [0.15, 0.2) is 0 Å². The van der Waals surface area contributed by atoms with Crippen LogP contribution in [-0.4, -0.2) is 31.8 Å². The Morgan fingerprint density at radius 1 is 1.73 bits per heavy atom. The first kappa shape index (κ1) is 7.29. The van der Waals surface area contributed by atoms with Crippen molar-refractivity contribution in [3.63, 3.8) is 0 Å². The molecule has 0 aromatic rings. The highest BCUT2D eigenvalue weighted by Gasteiger charge is 2.28. The molecule has 0 amide bonds. The number of carbonyl (C=O) groups is 1. The average molecular weight is 151 g/mol. The molecule has 1 fully saturated rings. The molecule has 0 aromatic carbocycles. The molecule has 1 rings (SSSR count). The molecule has 1 aliphatic carbocycles. The van der Waals surface area contributed by atoms with Gasteiger partial charge in [0.25, 0.3) is 0 Å². The van der Waals surface area contributed by atoms with Gasteiger partial charge in [0.2, 0.25) is 0 Å². The minimum Gasteiger partial charge on any atom is -0.309 e. The van der Waals surface area contributed by atoms with Gasteiger partial charge in [-0.1, -0.05) is 0 Å². The molecular formula is C9H12NO. The van der Waals surface area contributed by atoms with Crippen molar-refractivity contribution in [1.29, 1.82) is 0 Å². The Balaban J connectivity index is 2.51. The lowest BCUT2D eigenvalue weighted by Crippen LogP contribution is -2.22. The van der Waals surface area contributed by atoms with Crippen LogP contribution in [0.25, 0.3) is 0 Å². The first-order valence-electron chi connectivity index (χ1n) is 4.00. The van der Waals surface area contributed by atoms with Crippen molar-refractivity contribution in [2.45, 2.75) is 0 Å². The van der Waals surface area contributed by atoms with Crippen LogP contribution >= 0.6 is 0 Å². The number of rotatable bonds is 3. The Morgan fingerprint density at radius 2 is 2.45 bits per heavy atom. The van der Waals surface area contributed by atoms with Crippen molar-refractivity contribution in [3.8, 4) is 0 Å². The number of hydrogen-bond acceptors (Lipinski definition) is 2. The lowest BCUT2D eigenvalue weighted by molar-refractivity contribution is -0.106. The van der Waals surface area contributed by atoms with Crippen molar-refractivity contribution in [2.24, 2.45) is 0 Å². The van der Waals surface area contributed by atoms with Crippen molar-refractivity contribution < 1.29 is 6.17 Å². The van der Waals surface area contributed by atoms with E-state index < -0.39 is 0 Å². The van der Waals surface area contributed by atoms with Crippen LogP contribution in [0.3, 0.4) is 0 Å². The maximum atomic E-state index is 10.5. The summed E-state index contributed by atoms with van der Waals surface area (Å²) in [5.74, 6) is 1.45. The summed E-state index contributed by atoms with van der Waals surface area (Å²) in [7, 11) is 3.84. The van der Waals surface area contributed by atoms with Crippen LogP contribution in [0.2, 0.25) is 0 Å². The minimum absolute atomic E-state index is 0.450. The van der Waals surface area contributed by atoms with Gasteiger partial charge in [-0.05, 0) is 33.3 Å². The maximum Gasteiger partial charge on any atom is 0.128 e. The molecule has 1 saturated carbocycles. The topological polar surface area (TPSA) is 20.3 Å². The summed E-state index contributed by atoms with van der Waals surface area (Å²) < 4.78 is 7.50. The van der Waals surface area contributed by atoms with E-state index in [0.29, 0.717) is 18.9 Å². The Morgan fingerprint density at radius 3 is 3.00 bits per heavy atom. The molecule has 1 aliphatic rings. The van der Waals surface area contributed by atoms with E-state index in [-0.39, 0.29) is 0 Å². The van der Waals surface area contributed by atoms with Gasteiger partial charge in [-0.3, -0.25) is 0 Å². The molecule has 0 atom stereocenters. The molecule has 2 heteroatoms. The zero-order chi connectivity index (χ0) is 9.14. The van der Waals surface area contributed by atoms with E-state index in [4.69, 9.17) is 1.37 Å². The van der Waals surface area contributed by atoms with Gasteiger partial charge in [-0.2, -0.15) is 0 Å². The van der Waals surface area contributed by atoms with Gasteiger partial charge in [0.1, 0.15) is 6.29 Å². The molecular weight excluding hydrogens is 138 g/mol. The molecule has 0 spiro atoms. The summed E-state index contributed by atoms with van der Waals surface area (Å²) in [4.78, 5) is 12.5. The van der Waals surface area contributed by atoms with Crippen LogP contribution in [-0.2, 0) is 4.79 Å². The maximum absolute atomic E-state index is 10.5. The van der Waals surface area contributed by atoms with Gasteiger partial charge in [0.05, 0.1) is 5.92 Å². The normalized spacial score (nSPS) is 24.5. The minimum atomic E-state index is 0.450. The van der Waals surface area contributed by atoms with Crippen LogP contribution in [0.4, 0.5) is 0 Å². The van der Waals surface area contributed by atoms with E-state index in [1.807, 2.05) is 19.0 Å². The number of hydrogen-bond donors (Lipinski definition) is 0. The molecule has 0 heterocycles. The van der Waals surface area contributed by atoms with Crippen LogP contribution in [0.1, 0.15) is 1.37 Å². The molecule has 5 radical (unpaired) electrons. The highest BCUT2D eigenvalue weighted by molar-refractivity contribution is 5.81. The Kier molecular flexibility index (Phi) is 2.56. The van der Waals surface area contributed by atoms with E-state index in [1.54, 1.807) is 12.8 Å². The molecule has 0 aromatic heterocycles. The second kappa shape index (κ2) is 3.86. The molecule has 2 nitrogen and oxygen atoms in total. The smallest absolute Gasteiger partial charge is 0.128 e. The third-order valence-corrected chi connectivity index (χ3v) is 1.47. The van der Waals surface area contributed by atoms with Gasteiger partial charge in [0, 0.05) is 13.8 Å². The SMILES string of the molecule is [2H][C]1[CH][CH][C](C=O)[C]1CN(C)C. The summed E-state index contributed by atoms with van der Waals surface area (Å²) in [6.07, 6.45) is 4.60. The molecule has 0 unspecified atom stereocenters. The molecule has 0 N–H and O–H groups in total. The second-order valence-corrected chi connectivity index (χ2v) is 2.77. The van der Waals surface area contributed by atoms with Gasteiger partial charge < -0.3 is 9.69 Å². The summed E-state index contributed by atoms with van der Waals surface area (Å²) in [5.41, 5.74) is 0. The van der Waals surface area contributed by atoms with Crippen LogP contribution in [0.5, 0.6) is 0 Å². The zero-order valence-corrected chi connectivity index (χ0v) is 6.79. The van der Waals surface area contributed by atoms with Crippen LogP contribution in [0, 0.1) is 31.1 Å². The predicted molar refractivity (Wildman–Crippen MR) is 44.0 cm³/mol. The van der Waals surface area contributed by atoms with Crippen molar-refractivity contribution in [2.75, 3.05) is 20.6 Å². The molecule has 0 aliphatic heterocycles. The summed E-state index contributed by atoms with van der Waals surface area (Å²) in [5, 5.41) is 0. The highest BCUT2D eigenvalue weighted by atomic mass is 16.1. The molecule has 0 bridgehead atoms. The van der Waals surface area contributed by atoms with Gasteiger partial charge in [-0.25, -0.2) is 0 Å². The van der Waals surface area contributed by atoms with E-state index >= 15 is 0 Å². The molecule has 0 saturated heterocycles. The van der Waals surface area contributed by atoms with Gasteiger partial charge >= 0.3 is 0 Å². The zero-order valence-electron chi connectivity index (χ0n) is 7.79. The van der Waals surface area contributed by atoms with Crippen LogP contribution < -0.4 is 0 Å². The lowest BCUT2D eigenvalue weighted by Gasteiger charge is -2.17. The third-order valence-electron chi connectivity index (χ3n) is 1.47. The quantitative estimate of drug-likeness (QED) is 0.548.